The zero-order chi connectivity index (χ0) is 16.4. The van der Waals surface area contributed by atoms with Gasteiger partial charge in [0.25, 0.3) is 5.91 Å². The molecule has 0 bridgehead atoms. The van der Waals surface area contributed by atoms with Crippen LogP contribution in [0.25, 0.3) is 5.69 Å². The lowest BCUT2D eigenvalue weighted by molar-refractivity contribution is 0.0916. The molecule has 0 saturated heterocycles. The van der Waals surface area contributed by atoms with Gasteiger partial charge in [0.2, 0.25) is 0 Å². The van der Waals surface area contributed by atoms with Crippen molar-refractivity contribution >= 4 is 17.5 Å². The van der Waals surface area contributed by atoms with Crippen molar-refractivity contribution in [3.63, 3.8) is 0 Å². The molecule has 1 aliphatic rings. The summed E-state index contributed by atoms with van der Waals surface area (Å²) >= 11 is 5.89. The molecule has 23 heavy (non-hydrogen) atoms. The third kappa shape index (κ3) is 3.57. The number of nitrogens with zero attached hydrogens (tertiary/aromatic N) is 2. The van der Waals surface area contributed by atoms with E-state index < -0.39 is 0 Å². The Morgan fingerprint density at radius 3 is 2.78 bits per heavy atom. The number of aromatic nitrogens is 2. The molecule has 2 N–H and O–H groups in total. The van der Waals surface area contributed by atoms with E-state index in [-0.39, 0.29) is 17.9 Å². The van der Waals surface area contributed by atoms with Crippen LogP contribution in [-0.4, -0.2) is 33.4 Å². The standard InChI is InChI=1S/C17H20ClN3O2/c1-11-15(17(23)19-9-12-3-2-4-16(12)22)10-21(20-11)14-7-5-13(18)6-8-14/h5-8,10,12,16,22H,2-4,9H2,1H3,(H,19,23). The van der Waals surface area contributed by atoms with E-state index in [0.29, 0.717) is 22.8 Å². The number of hydrogen-bond acceptors (Lipinski definition) is 3. The van der Waals surface area contributed by atoms with E-state index >= 15 is 0 Å². The second kappa shape index (κ2) is 6.72. The van der Waals surface area contributed by atoms with E-state index in [9.17, 15) is 9.90 Å². The van der Waals surface area contributed by atoms with Gasteiger partial charge in [-0.15, -0.1) is 0 Å². The highest BCUT2D eigenvalue weighted by Gasteiger charge is 2.26. The lowest BCUT2D eigenvalue weighted by Crippen LogP contribution is -2.32. The fourth-order valence-corrected chi connectivity index (χ4v) is 3.11. The summed E-state index contributed by atoms with van der Waals surface area (Å²) in [5.41, 5.74) is 2.07. The van der Waals surface area contributed by atoms with Crippen molar-refractivity contribution in [2.45, 2.75) is 32.3 Å². The summed E-state index contributed by atoms with van der Waals surface area (Å²) in [4.78, 5) is 12.4. The average molecular weight is 334 g/mol. The monoisotopic (exact) mass is 333 g/mol. The van der Waals surface area contributed by atoms with Gasteiger partial charge in [0.1, 0.15) is 0 Å². The van der Waals surface area contributed by atoms with Crippen LogP contribution in [0.2, 0.25) is 5.02 Å². The number of carbonyl (C=O) groups is 1. The fourth-order valence-electron chi connectivity index (χ4n) is 2.98. The number of hydrogen-bond donors (Lipinski definition) is 2. The van der Waals surface area contributed by atoms with Crippen LogP contribution in [0.15, 0.2) is 30.5 Å². The molecule has 1 amide bonds. The Morgan fingerprint density at radius 2 is 2.13 bits per heavy atom. The van der Waals surface area contributed by atoms with Crippen LogP contribution in [0.1, 0.15) is 35.3 Å². The number of benzene rings is 1. The van der Waals surface area contributed by atoms with Gasteiger partial charge in [0.05, 0.1) is 23.0 Å². The third-order valence-corrected chi connectivity index (χ3v) is 4.63. The average Bonchev–Trinajstić information content (AvgIpc) is 3.11. The van der Waals surface area contributed by atoms with E-state index in [1.807, 2.05) is 19.1 Å². The number of carbonyl (C=O) groups excluding carboxylic acids is 1. The normalized spacial score (nSPS) is 20.7. The van der Waals surface area contributed by atoms with Gasteiger partial charge in [0.15, 0.2) is 0 Å². The van der Waals surface area contributed by atoms with Gasteiger partial charge in [0, 0.05) is 23.7 Å². The highest BCUT2D eigenvalue weighted by Crippen LogP contribution is 2.24. The molecule has 1 aliphatic carbocycles. The summed E-state index contributed by atoms with van der Waals surface area (Å²) in [6, 6.07) is 7.28. The van der Waals surface area contributed by atoms with Gasteiger partial charge in [-0.05, 0) is 44.0 Å². The topological polar surface area (TPSA) is 67.2 Å². The molecule has 1 fully saturated rings. The highest BCUT2D eigenvalue weighted by molar-refractivity contribution is 6.30. The molecule has 2 atom stereocenters. The number of rotatable bonds is 4. The van der Waals surface area contributed by atoms with Crippen molar-refractivity contribution in [1.82, 2.24) is 15.1 Å². The van der Waals surface area contributed by atoms with Crippen molar-refractivity contribution in [2.24, 2.45) is 5.92 Å². The summed E-state index contributed by atoms with van der Waals surface area (Å²) in [7, 11) is 0. The first kappa shape index (κ1) is 16.0. The third-order valence-electron chi connectivity index (χ3n) is 4.38. The summed E-state index contributed by atoms with van der Waals surface area (Å²) in [6.07, 6.45) is 4.24. The largest absolute Gasteiger partial charge is 0.393 e. The Balaban J connectivity index is 1.70. The SMILES string of the molecule is Cc1nn(-c2ccc(Cl)cc2)cc1C(=O)NCC1CCCC1O. The van der Waals surface area contributed by atoms with Gasteiger partial charge in [-0.25, -0.2) is 4.68 Å². The molecule has 1 heterocycles. The second-order valence-electron chi connectivity index (χ2n) is 6.02. The maximum absolute atomic E-state index is 12.4. The number of aryl methyl sites for hydroxylation is 1. The van der Waals surface area contributed by atoms with Crippen LogP contribution in [-0.2, 0) is 0 Å². The Hall–Kier alpha value is -1.85. The maximum atomic E-state index is 12.4. The summed E-state index contributed by atoms with van der Waals surface area (Å²) < 4.78 is 1.67. The molecule has 2 unspecified atom stereocenters. The smallest absolute Gasteiger partial charge is 0.254 e. The first-order valence-corrected chi connectivity index (χ1v) is 8.21. The summed E-state index contributed by atoms with van der Waals surface area (Å²) in [5.74, 6) is 0.00683. The zero-order valence-electron chi connectivity index (χ0n) is 13.0. The molecule has 6 heteroatoms. The highest BCUT2D eigenvalue weighted by atomic mass is 35.5. The Labute approximate surface area is 140 Å². The zero-order valence-corrected chi connectivity index (χ0v) is 13.8. The van der Waals surface area contributed by atoms with Crippen molar-refractivity contribution in [3.8, 4) is 5.69 Å². The number of halogens is 1. The number of aliphatic hydroxyl groups is 1. The molecule has 1 saturated carbocycles. The Kier molecular flexibility index (Phi) is 4.68. The van der Waals surface area contributed by atoms with Gasteiger partial charge in [-0.2, -0.15) is 5.10 Å². The van der Waals surface area contributed by atoms with Crippen LogP contribution < -0.4 is 5.32 Å². The minimum absolute atomic E-state index is 0.151. The molecule has 2 aromatic rings. The van der Waals surface area contributed by atoms with Gasteiger partial charge < -0.3 is 10.4 Å². The minimum Gasteiger partial charge on any atom is -0.393 e. The van der Waals surface area contributed by atoms with Crippen molar-refractivity contribution in [1.29, 1.82) is 0 Å². The molecule has 0 spiro atoms. The van der Waals surface area contributed by atoms with E-state index in [1.54, 1.807) is 23.0 Å². The summed E-state index contributed by atoms with van der Waals surface area (Å²) in [5, 5.41) is 17.8. The number of nitrogens with one attached hydrogen (secondary N) is 1. The minimum atomic E-state index is -0.298. The molecule has 0 aliphatic heterocycles. The van der Waals surface area contributed by atoms with Gasteiger partial charge in [-0.1, -0.05) is 18.0 Å². The van der Waals surface area contributed by atoms with Crippen molar-refractivity contribution < 1.29 is 9.90 Å². The fraction of sp³-hybridized carbons (Fsp3) is 0.412. The van der Waals surface area contributed by atoms with Crippen LogP contribution in [0, 0.1) is 12.8 Å². The van der Waals surface area contributed by atoms with E-state index in [1.165, 1.54) is 0 Å². The number of aliphatic hydroxyl groups excluding tert-OH is 1. The Bertz CT molecular complexity index is 696. The van der Waals surface area contributed by atoms with E-state index in [0.717, 1.165) is 24.9 Å². The van der Waals surface area contributed by atoms with Crippen LogP contribution in [0.4, 0.5) is 0 Å². The maximum Gasteiger partial charge on any atom is 0.254 e. The molecule has 122 valence electrons. The molecular weight excluding hydrogens is 314 g/mol. The predicted octanol–water partition coefficient (Wildman–Crippen LogP) is 2.72. The van der Waals surface area contributed by atoms with Gasteiger partial charge >= 0.3 is 0 Å². The molecule has 3 rings (SSSR count). The molecule has 1 aromatic carbocycles. The van der Waals surface area contributed by atoms with Gasteiger partial charge in [-0.3, -0.25) is 4.79 Å². The predicted molar refractivity (Wildman–Crippen MR) is 89.0 cm³/mol. The lowest BCUT2D eigenvalue weighted by Gasteiger charge is -2.14. The van der Waals surface area contributed by atoms with Crippen LogP contribution >= 0.6 is 11.6 Å². The van der Waals surface area contributed by atoms with E-state index in [2.05, 4.69) is 10.4 Å². The first-order valence-electron chi connectivity index (χ1n) is 7.83. The number of amides is 1. The lowest BCUT2D eigenvalue weighted by atomic mass is 10.1. The summed E-state index contributed by atoms with van der Waals surface area (Å²) in [6.45, 7) is 2.32. The molecular formula is C17H20ClN3O2. The van der Waals surface area contributed by atoms with Crippen LogP contribution in [0.5, 0.6) is 0 Å². The van der Waals surface area contributed by atoms with Crippen molar-refractivity contribution in [2.75, 3.05) is 6.54 Å². The van der Waals surface area contributed by atoms with Crippen molar-refractivity contribution in [3.05, 3.63) is 46.7 Å². The van der Waals surface area contributed by atoms with E-state index in [4.69, 9.17) is 11.6 Å². The second-order valence-corrected chi connectivity index (χ2v) is 6.45. The molecule has 5 nitrogen and oxygen atoms in total. The van der Waals surface area contributed by atoms with Crippen LogP contribution in [0.3, 0.4) is 0 Å². The Morgan fingerprint density at radius 1 is 1.39 bits per heavy atom. The molecule has 1 aromatic heterocycles. The quantitative estimate of drug-likeness (QED) is 0.904. The first-order chi connectivity index (χ1) is 11.0. The molecule has 0 radical (unpaired) electrons.